The predicted molar refractivity (Wildman–Crippen MR) is 59.2 cm³/mol. The van der Waals surface area contributed by atoms with Gasteiger partial charge in [0.25, 0.3) is 0 Å². The monoisotopic (exact) mass is 204 g/mol. The van der Waals surface area contributed by atoms with Gasteiger partial charge >= 0.3 is 5.97 Å². The van der Waals surface area contributed by atoms with Crippen LogP contribution in [0.5, 0.6) is 0 Å². The molecule has 0 aliphatic carbocycles. The van der Waals surface area contributed by atoms with Gasteiger partial charge in [-0.3, -0.25) is 4.79 Å². The number of anilines is 1. The summed E-state index contributed by atoms with van der Waals surface area (Å²) in [5, 5.41) is 9.80. The molecule has 78 valence electrons. The molecule has 2 rings (SSSR count). The van der Waals surface area contributed by atoms with Crippen LogP contribution in [0.25, 0.3) is 10.9 Å². The van der Waals surface area contributed by atoms with Crippen molar-refractivity contribution in [3.8, 4) is 0 Å². The van der Waals surface area contributed by atoms with Gasteiger partial charge in [-0.1, -0.05) is 12.1 Å². The molecule has 0 amide bonds. The van der Waals surface area contributed by atoms with Crippen molar-refractivity contribution in [3.05, 3.63) is 30.5 Å². The van der Waals surface area contributed by atoms with Gasteiger partial charge in [0.2, 0.25) is 0 Å². The summed E-state index contributed by atoms with van der Waals surface area (Å²) in [4.78, 5) is 15.4. The second-order valence-electron chi connectivity index (χ2n) is 3.47. The summed E-state index contributed by atoms with van der Waals surface area (Å²) < 4.78 is 0. The molecule has 0 aliphatic heterocycles. The molecule has 4 nitrogen and oxygen atoms in total. The number of carboxylic acid groups (broad SMARTS) is 1. The third-order valence-corrected chi connectivity index (χ3v) is 2.35. The van der Waals surface area contributed by atoms with Gasteiger partial charge in [0.15, 0.2) is 0 Å². The fourth-order valence-corrected chi connectivity index (χ4v) is 1.67. The van der Waals surface area contributed by atoms with Crippen LogP contribution in [0.15, 0.2) is 30.5 Å². The Morgan fingerprint density at radius 2 is 2.27 bits per heavy atom. The van der Waals surface area contributed by atoms with E-state index in [1.807, 2.05) is 30.5 Å². The lowest BCUT2D eigenvalue weighted by molar-refractivity contribution is -0.135. The van der Waals surface area contributed by atoms with Gasteiger partial charge in [-0.2, -0.15) is 0 Å². The summed E-state index contributed by atoms with van der Waals surface area (Å²) in [5.74, 6) is -0.832. The van der Waals surface area contributed by atoms with E-state index in [-0.39, 0.29) is 6.54 Å². The number of carbonyl (C=O) groups is 1. The maximum atomic E-state index is 10.6. The third kappa shape index (κ3) is 1.79. The van der Waals surface area contributed by atoms with Crippen molar-refractivity contribution in [1.29, 1.82) is 0 Å². The first kappa shape index (κ1) is 9.58. The molecule has 2 N–H and O–H groups in total. The van der Waals surface area contributed by atoms with Crippen molar-refractivity contribution in [2.45, 2.75) is 0 Å². The van der Waals surface area contributed by atoms with Gasteiger partial charge in [0, 0.05) is 18.6 Å². The first-order valence-corrected chi connectivity index (χ1v) is 4.67. The zero-order valence-electron chi connectivity index (χ0n) is 8.40. The van der Waals surface area contributed by atoms with Crippen LogP contribution in [0.4, 0.5) is 5.69 Å². The lowest BCUT2D eigenvalue weighted by atomic mass is 10.2. The Morgan fingerprint density at radius 1 is 1.47 bits per heavy atom. The van der Waals surface area contributed by atoms with Gasteiger partial charge in [-0.25, -0.2) is 0 Å². The molecular weight excluding hydrogens is 192 g/mol. The van der Waals surface area contributed by atoms with Gasteiger partial charge < -0.3 is 15.0 Å². The Balaban J connectivity index is 2.42. The lowest BCUT2D eigenvalue weighted by Gasteiger charge is -2.17. The molecule has 0 bridgehead atoms. The molecule has 0 saturated carbocycles. The number of aromatic nitrogens is 1. The molecule has 0 radical (unpaired) electrons. The molecule has 15 heavy (non-hydrogen) atoms. The normalized spacial score (nSPS) is 10.5. The average molecular weight is 204 g/mol. The van der Waals surface area contributed by atoms with Crippen LogP contribution in [0.1, 0.15) is 0 Å². The minimum atomic E-state index is -0.832. The number of carboxylic acids is 1. The topological polar surface area (TPSA) is 56.3 Å². The SMILES string of the molecule is CN(CC(=O)O)c1cccc2cc[nH]c12. The second kappa shape index (κ2) is 3.65. The molecule has 1 aromatic carbocycles. The number of para-hydroxylation sites is 1. The van der Waals surface area contributed by atoms with Gasteiger partial charge in [-0.15, -0.1) is 0 Å². The van der Waals surface area contributed by atoms with E-state index in [9.17, 15) is 4.79 Å². The van der Waals surface area contributed by atoms with Crippen LogP contribution in [0.2, 0.25) is 0 Å². The van der Waals surface area contributed by atoms with E-state index < -0.39 is 5.97 Å². The number of hydrogen-bond acceptors (Lipinski definition) is 2. The fourth-order valence-electron chi connectivity index (χ4n) is 1.67. The Bertz CT molecular complexity index is 490. The molecule has 4 heteroatoms. The van der Waals surface area contributed by atoms with Crippen LogP contribution in [-0.4, -0.2) is 29.7 Å². The average Bonchev–Trinajstić information content (AvgIpc) is 2.63. The fraction of sp³-hybridized carbons (Fsp3) is 0.182. The smallest absolute Gasteiger partial charge is 0.323 e. The van der Waals surface area contributed by atoms with Crippen molar-refractivity contribution in [2.75, 3.05) is 18.5 Å². The van der Waals surface area contributed by atoms with Crippen molar-refractivity contribution < 1.29 is 9.90 Å². The van der Waals surface area contributed by atoms with Crippen LogP contribution >= 0.6 is 0 Å². The van der Waals surface area contributed by atoms with Crippen molar-refractivity contribution >= 4 is 22.6 Å². The van der Waals surface area contributed by atoms with Gasteiger partial charge in [-0.05, 0) is 12.1 Å². The van der Waals surface area contributed by atoms with Crippen LogP contribution < -0.4 is 4.90 Å². The van der Waals surface area contributed by atoms with E-state index in [2.05, 4.69) is 4.98 Å². The molecule has 0 atom stereocenters. The van der Waals surface area contributed by atoms with Crippen molar-refractivity contribution in [1.82, 2.24) is 4.98 Å². The number of rotatable bonds is 3. The van der Waals surface area contributed by atoms with Gasteiger partial charge in [0.05, 0.1) is 11.2 Å². The van der Waals surface area contributed by atoms with E-state index in [1.165, 1.54) is 0 Å². The predicted octanol–water partition coefficient (Wildman–Crippen LogP) is 1.69. The summed E-state index contributed by atoms with van der Waals surface area (Å²) in [6, 6.07) is 7.78. The van der Waals surface area contributed by atoms with E-state index in [1.54, 1.807) is 11.9 Å². The highest BCUT2D eigenvalue weighted by Crippen LogP contribution is 2.24. The molecule has 0 unspecified atom stereocenters. The standard InChI is InChI=1S/C11H12N2O2/c1-13(7-10(14)15)9-4-2-3-8-5-6-12-11(8)9/h2-6,12H,7H2,1H3,(H,14,15). The number of aliphatic carboxylic acids is 1. The summed E-state index contributed by atoms with van der Waals surface area (Å²) >= 11 is 0. The van der Waals surface area contributed by atoms with Gasteiger partial charge in [0.1, 0.15) is 6.54 Å². The molecule has 1 heterocycles. The number of benzene rings is 1. The minimum Gasteiger partial charge on any atom is -0.480 e. The summed E-state index contributed by atoms with van der Waals surface area (Å²) in [7, 11) is 1.77. The first-order valence-electron chi connectivity index (χ1n) is 4.67. The van der Waals surface area contributed by atoms with Crippen LogP contribution in [0.3, 0.4) is 0 Å². The molecular formula is C11H12N2O2. The minimum absolute atomic E-state index is 0.00185. The Labute approximate surface area is 87.1 Å². The number of hydrogen-bond donors (Lipinski definition) is 2. The zero-order valence-corrected chi connectivity index (χ0v) is 8.40. The van der Waals surface area contributed by atoms with Crippen LogP contribution in [-0.2, 0) is 4.79 Å². The summed E-state index contributed by atoms with van der Waals surface area (Å²) in [6.45, 7) is -0.00185. The molecule has 0 aliphatic rings. The molecule has 1 aromatic heterocycles. The Kier molecular flexibility index (Phi) is 2.33. The zero-order chi connectivity index (χ0) is 10.8. The molecule has 0 spiro atoms. The molecule has 0 saturated heterocycles. The quantitative estimate of drug-likeness (QED) is 0.799. The van der Waals surface area contributed by atoms with E-state index >= 15 is 0 Å². The summed E-state index contributed by atoms with van der Waals surface area (Å²) in [6.07, 6.45) is 1.85. The summed E-state index contributed by atoms with van der Waals surface area (Å²) in [5.41, 5.74) is 1.88. The number of fused-ring (bicyclic) bond motifs is 1. The largest absolute Gasteiger partial charge is 0.480 e. The third-order valence-electron chi connectivity index (χ3n) is 2.35. The first-order chi connectivity index (χ1) is 7.18. The number of H-pyrrole nitrogens is 1. The van der Waals surface area contributed by atoms with E-state index in [4.69, 9.17) is 5.11 Å². The maximum absolute atomic E-state index is 10.6. The number of likely N-dealkylation sites (N-methyl/N-ethyl adjacent to an activating group) is 1. The lowest BCUT2D eigenvalue weighted by Crippen LogP contribution is -2.25. The highest BCUT2D eigenvalue weighted by atomic mass is 16.4. The van der Waals surface area contributed by atoms with Crippen LogP contribution in [0, 0.1) is 0 Å². The van der Waals surface area contributed by atoms with Crippen molar-refractivity contribution in [2.24, 2.45) is 0 Å². The second-order valence-corrected chi connectivity index (χ2v) is 3.47. The van der Waals surface area contributed by atoms with E-state index in [0.717, 1.165) is 16.6 Å². The Morgan fingerprint density at radius 3 is 3.00 bits per heavy atom. The molecule has 2 aromatic rings. The van der Waals surface area contributed by atoms with E-state index in [0.29, 0.717) is 0 Å². The number of aromatic amines is 1. The van der Waals surface area contributed by atoms with Crippen molar-refractivity contribution in [3.63, 3.8) is 0 Å². The Hall–Kier alpha value is -1.97. The number of nitrogens with zero attached hydrogens (tertiary/aromatic N) is 1. The number of nitrogens with one attached hydrogen (secondary N) is 1. The molecule has 0 fully saturated rings. The highest BCUT2D eigenvalue weighted by molar-refractivity contribution is 5.92. The highest BCUT2D eigenvalue weighted by Gasteiger charge is 2.09. The maximum Gasteiger partial charge on any atom is 0.323 e.